The van der Waals surface area contributed by atoms with Crippen LogP contribution in [-0.2, 0) is 92.4 Å². The van der Waals surface area contributed by atoms with Crippen molar-refractivity contribution in [3.05, 3.63) is 82.4 Å². The van der Waals surface area contributed by atoms with E-state index in [1.165, 1.54) is 40.2 Å². The van der Waals surface area contributed by atoms with Crippen molar-refractivity contribution < 1.29 is 132 Å². The molecule has 0 bridgehead atoms. The van der Waals surface area contributed by atoms with Gasteiger partial charge >= 0.3 is 11.9 Å². The van der Waals surface area contributed by atoms with Crippen LogP contribution < -0.4 is 15.2 Å². The number of non-ortho nitro benzene ring substituents is 1. The first-order chi connectivity index (χ1) is 65.5. The van der Waals surface area contributed by atoms with E-state index in [-0.39, 0.29) is 68.3 Å². The number of hydrogen-bond donors (Lipinski definition) is 11. The van der Waals surface area contributed by atoms with Gasteiger partial charge in [0.25, 0.3) is 5.69 Å². The summed E-state index contributed by atoms with van der Waals surface area (Å²) in [6, 6.07) is 11.2. The summed E-state index contributed by atoms with van der Waals surface area (Å²) in [4.78, 5) is 47.3. The van der Waals surface area contributed by atoms with Gasteiger partial charge in [0.15, 0.2) is 25.2 Å². The van der Waals surface area contributed by atoms with Gasteiger partial charge in [0.05, 0.1) is 113 Å². The van der Waals surface area contributed by atoms with E-state index in [0.717, 1.165) is 23.6 Å². The number of rotatable bonds is 31. The van der Waals surface area contributed by atoms with Crippen molar-refractivity contribution >= 4 is 23.3 Å². The SMILES string of the molecule is CC[C@H]1OC(=O)[C@H](C)[C@@H](O[C@H]2C[C@@](C)(OC)[C@@H](O)[C@H](C)O2)[C@H](C)[C@@H](O[C@@H]2O[C@H](C)C[C@H](N(C)CCc3cn(CCCOc4ccc(N)cc4)nn3)[C@H]2O)[C@](C)(O)C[C@@H](C)CN(C)[C@H](C)[C@@H](O)[C@]1(C)O.CC[C@H]1OC(=O)[C@H](C)[C@@H](O[C@H]2C[C@@](C)(OC)[C@@H](O)[C@H](C)O2)[C@H](C)[C@@H](O[C@@H]2O[C@H](C)C[C@H](N(C)CCc3cn(CCCOc4ccc([N+](=O)[O-])cc4)nn3)[C@H]2O)[C@](C)(O)C[C@@H](C)CN(C)[C@H](C)[C@@H](O)[C@]1(C)O. The third kappa shape index (κ3) is 29.9. The van der Waals surface area contributed by atoms with Crippen LogP contribution in [0.2, 0.25) is 0 Å². The van der Waals surface area contributed by atoms with E-state index in [4.69, 9.17) is 72.0 Å². The van der Waals surface area contributed by atoms with Gasteiger partial charge in [-0.2, -0.15) is 0 Å². The topological polar surface area (TPSA) is 509 Å². The number of aryl methyl sites for hydroxylation is 2. The van der Waals surface area contributed by atoms with Crippen molar-refractivity contribution in [2.45, 2.75) is 409 Å². The number of carbonyl (C=O) groups is 2. The maximum atomic E-state index is 14.5. The molecule has 8 heterocycles. The average molecular weight is 1990 g/mol. The summed E-state index contributed by atoms with van der Waals surface area (Å²) in [6.07, 6.45) is -11.9. The molecule has 4 aromatic rings. The Morgan fingerprint density at radius 1 is 0.521 bits per heavy atom. The Hall–Kier alpha value is -6.50. The third-order valence-electron chi connectivity index (χ3n) is 30.4. The number of aliphatic hydroxyl groups excluding tert-OH is 6. The number of nitro groups is 1. The number of ether oxygens (including phenoxy) is 14. The average Bonchev–Trinajstić information content (AvgIpc) is 1.10. The molecule has 10 rings (SSSR count). The van der Waals surface area contributed by atoms with Crippen LogP contribution in [0.3, 0.4) is 0 Å². The summed E-state index contributed by atoms with van der Waals surface area (Å²) >= 11 is 0. The van der Waals surface area contributed by atoms with E-state index in [1.54, 1.807) is 124 Å². The summed E-state index contributed by atoms with van der Waals surface area (Å²) in [5.41, 5.74) is -1.06. The third-order valence-corrected chi connectivity index (χ3v) is 30.4. The van der Waals surface area contributed by atoms with E-state index in [1.807, 2.05) is 102 Å². The highest BCUT2D eigenvalue weighted by molar-refractivity contribution is 5.73. The predicted molar refractivity (Wildman–Crippen MR) is 518 cm³/mol. The molecule has 798 valence electrons. The molecule has 0 saturated carbocycles. The first-order valence-corrected chi connectivity index (χ1v) is 50.2. The van der Waals surface area contributed by atoms with Crippen LogP contribution in [0.25, 0.3) is 0 Å². The molecule has 0 spiro atoms. The summed E-state index contributed by atoms with van der Waals surface area (Å²) in [7, 11) is 10.5. The largest absolute Gasteiger partial charge is 0.494 e. The van der Waals surface area contributed by atoms with Crippen molar-refractivity contribution in [1.29, 1.82) is 0 Å². The zero-order chi connectivity index (χ0) is 104. The number of aliphatic hydroxyl groups is 10. The minimum absolute atomic E-state index is 0.00559. The second kappa shape index (κ2) is 50.7. The molecule has 36 atom stereocenters. The monoisotopic (exact) mass is 1990 g/mol. The molecule has 6 saturated heterocycles. The minimum atomic E-state index is -1.84. The van der Waals surface area contributed by atoms with Gasteiger partial charge < -0.3 is 143 Å². The lowest BCUT2D eigenvalue weighted by Gasteiger charge is -2.49. The number of cyclic esters (lactones) is 2. The Balaban J connectivity index is 0.000000313. The first-order valence-electron chi connectivity index (χ1n) is 50.2. The minimum Gasteiger partial charge on any atom is -0.494 e. The number of anilines is 1. The van der Waals surface area contributed by atoms with Crippen LogP contribution in [-0.4, -0.2) is 380 Å². The maximum absolute atomic E-state index is 14.5. The van der Waals surface area contributed by atoms with Crippen molar-refractivity contribution in [3.8, 4) is 11.5 Å². The highest BCUT2D eigenvalue weighted by atomic mass is 16.7. The van der Waals surface area contributed by atoms with Crippen LogP contribution in [0.5, 0.6) is 11.5 Å². The first kappa shape index (κ1) is 117. The molecule has 140 heavy (non-hydrogen) atoms. The van der Waals surface area contributed by atoms with Gasteiger partial charge in [0, 0.05) is 158 Å². The fourth-order valence-electron chi connectivity index (χ4n) is 21.4. The molecule has 12 N–H and O–H groups in total. The summed E-state index contributed by atoms with van der Waals surface area (Å²) in [5.74, 6) is -4.29. The van der Waals surface area contributed by atoms with Crippen molar-refractivity contribution in [2.75, 3.05) is 87.5 Å². The molecule has 2 aromatic heterocycles. The zero-order valence-electron chi connectivity index (χ0n) is 87.6. The van der Waals surface area contributed by atoms with Crippen LogP contribution in [0.15, 0.2) is 60.9 Å². The second-order valence-electron chi connectivity index (χ2n) is 42.5. The molecule has 6 aliphatic heterocycles. The fourth-order valence-corrected chi connectivity index (χ4v) is 21.4. The Morgan fingerprint density at radius 3 is 1.22 bits per heavy atom. The molecule has 6 fully saturated rings. The lowest BCUT2D eigenvalue weighted by molar-refractivity contribution is -0.384. The number of carbonyl (C=O) groups excluding carboxylic acids is 2. The Labute approximate surface area is 827 Å². The predicted octanol–water partition coefficient (Wildman–Crippen LogP) is 6.64. The highest BCUT2D eigenvalue weighted by Gasteiger charge is 2.57. The fraction of sp³-hybridized carbons (Fsp3) is 0.820. The number of nitrogen functional groups attached to an aromatic ring is 1. The normalized spacial score (nSPS) is 39.8. The molecular weight excluding hydrogens is 1820 g/mol. The van der Waals surface area contributed by atoms with Gasteiger partial charge in [-0.05, 0) is 212 Å². The highest BCUT2D eigenvalue weighted by Crippen LogP contribution is 2.45. The van der Waals surface area contributed by atoms with Gasteiger partial charge in [-0.15, -0.1) is 10.2 Å². The van der Waals surface area contributed by atoms with Gasteiger partial charge in [-0.3, -0.25) is 29.1 Å². The Morgan fingerprint density at radius 2 is 0.879 bits per heavy atom. The lowest BCUT2D eigenvalue weighted by atomic mass is 9.77. The van der Waals surface area contributed by atoms with Crippen LogP contribution >= 0.6 is 0 Å². The molecule has 0 aliphatic carbocycles. The van der Waals surface area contributed by atoms with Crippen LogP contribution in [0.4, 0.5) is 11.4 Å². The number of likely N-dealkylation sites (N-methyl/N-ethyl adjacent to an activating group) is 4. The maximum Gasteiger partial charge on any atom is 0.311 e. The van der Waals surface area contributed by atoms with Crippen LogP contribution in [0, 0.1) is 45.6 Å². The smallest absolute Gasteiger partial charge is 0.311 e. The molecule has 40 heteroatoms. The van der Waals surface area contributed by atoms with Gasteiger partial charge in [-0.25, -0.2) is 0 Å². The molecule has 6 aliphatic rings. The quantitative estimate of drug-likeness (QED) is 0.00826. The standard InChI is InChI=1S/C50H84N6O15.C50H86N6O13/c1-14-39-50(10,62)43(58)33(6)54(12)27-29(2)25-48(8,61)45(31(4)42(32(5)46(60)69-39)70-40-26-49(9,65-13)44(59)34(7)68-40)71-47-41(57)38(24-30(3)67-47)53(11)22-20-35-28-55(52-51-35)21-15-23-66-37-18-16-36(17-19-37)56(63)64;1-14-39-50(10,62)43(58)33(6)55(12)27-29(2)25-48(8,61)45(31(4)42(32(5)46(60)67-39)68-40-26-49(9,63-13)44(59)34(7)66-40)69-47-41(57)38(24-30(3)65-47)54(11)22-20-36-28-56(53-52-36)21-15-23-64-37-18-16-35(51)17-19-37/h16-19,28-34,38-45,47,57-59,61-62H,14-15,20-27H2,1-13H3;16-19,28-34,38-45,47,57-59,61-62H,14-15,20-27,51H2,1-13H3/t2*29-,30-,31+,32-,33-,34+,38+,39-,40+,41-,42+,43-,44+,45-,47+,48-,49-,50-/m11/s1. The number of benzene rings is 2. The number of esters is 2. The summed E-state index contributed by atoms with van der Waals surface area (Å²) < 4.78 is 91.6. The molecule has 0 radical (unpaired) electrons. The number of nitrogens with zero attached hydrogens (tertiary/aromatic N) is 11. The Bertz CT molecular complexity index is 4430. The molecule has 0 amide bonds. The zero-order valence-corrected chi connectivity index (χ0v) is 87.6. The molecular formula is C100H170N12O28. The van der Waals surface area contributed by atoms with E-state index < -0.39 is 209 Å². The van der Waals surface area contributed by atoms with Crippen molar-refractivity contribution in [2.24, 2.45) is 35.5 Å². The Kier molecular flexibility index (Phi) is 42.4. The van der Waals surface area contributed by atoms with E-state index in [2.05, 4.69) is 25.5 Å². The van der Waals surface area contributed by atoms with Gasteiger partial charge in [0.2, 0.25) is 0 Å². The van der Waals surface area contributed by atoms with Crippen LogP contribution in [0.1, 0.15) is 214 Å². The van der Waals surface area contributed by atoms with Gasteiger partial charge in [-0.1, -0.05) is 52.0 Å². The van der Waals surface area contributed by atoms with E-state index >= 15 is 0 Å². The molecule has 0 unspecified atom stereocenters. The summed E-state index contributed by atoms with van der Waals surface area (Å²) in [6.45, 7) is 39.0. The number of aromatic nitrogens is 6. The van der Waals surface area contributed by atoms with Gasteiger partial charge in [0.1, 0.15) is 71.5 Å². The lowest BCUT2D eigenvalue weighted by Crippen LogP contribution is -2.61. The van der Waals surface area contributed by atoms with Crippen molar-refractivity contribution in [3.63, 3.8) is 0 Å². The molecule has 40 nitrogen and oxygen atoms in total. The molecule has 2 aromatic carbocycles. The van der Waals surface area contributed by atoms with E-state index in [0.29, 0.717) is 96.0 Å². The number of nitro benzene ring substituents is 1. The number of hydrogen-bond acceptors (Lipinski definition) is 37. The summed E-state index contributed by atoms with van der Waals surface area (Å²) in [5, 5.41) is 147. The second-order valence-corrected chi connectivity index (χ2v) is 42.5. The number of methoxy groups -OCH3 is 2. The van der Waals surface area contributed by atoms with E-state index in [9.17, 15) is 70.8 Å². The number of nitrogens with two attached hydrogens (primary N) is 1. The van der Waals surface area contributed by atoms with Crippen molar-refractivity contribution in [1.82, 2.24) is 49.6 Å².